The van der Waals surface area contributed by atoms with Crippen LogP contribution >= 0.6 is 7.82 Å². The second-order valence-electron chi connectivity index (χ2n) is 18.8. The zero-order valence-corrected chi connectivity index (χ0v) is 43.2. The highest BCUT2D eigenvalue weighted by atomic mass is 31.2. The average molecular weight is 928 g/mol. The lowest BCUT2D eigenvalue weighted by Crippen LogP contribution is -2.29. The van der Waals surface area contributed by atoms with Crippen molar-refractivity contribution in [3.8, 4) is 0 Å². The van der Waals surface area contributed by atoms with E-state index in [1.807, 2.05) is 0 Å². The maximum Gasteiger partial charge on any atom is 0.472 e. The molecule has 0 aliphatic carbocycles. The van der Waals surface area contributed by atoms with Crippen molar-refractivity contribution in [3.05, 3.63) is 12.2 Å². The van der Waals surface area contributed by atoms with E-state index in [-0.39, 0.29) is 38.6 Å². The first kappa shape index (κ1) is 62.8. The number of ether oxygens (including phenoxy) is 2. The number of allylic oxidation sites excluding steroid dienone is 2. The van der Waals surface area contributed by atoms with Gasteiger partial charge in [0.15, 0.2) is 6.10 Å². The van der Waals surface area contributed by atoms with Crippen LogP contribution in [0.3, 0.4) is 0 Å². The molecule has 0 aromatic carbocycles. The van der Waals surface area contributed by atoms with Gasteiger partial charge in [-0.15, -0.1) is 0 Å². The van der Waals surface area contributed by atoms with Crippen LogP contribution in [0.4, 0.5) is 0 Å². The van der Waals surface area contributed by atoms with Crippen molar-refractivity contribution in [1.29, 1.82) is 0 Å². The van der Waals surface area contributed by atoms with Crippen LogP contribution in [0, 0.1) is 0 Å². The zero-order chi connectivity index (χ0) is 46.7. The monoisotopic (exact) mass is 928 g/mol. The number of unbranched alkanes of at least 4 members (excludes halogenated alkanes) is 38. The molecule has 0 amide bonds. The first-order valence-electron chi connectivity index (χ1n) is 27.7. The summed E-state index contributed by atoms with van der Waals surface area (Å²) in [5, 5.41) is 0. The van der Waals surface area contributed by atoms with Gasteiger partial charge in [0.25, 0.3) is 0 Å². The van der Waals surface area contributed by atoms with Gasteiger partial charge in [0.1, 0.15) is 6.61 Å². The molecule has 2 atom stereocenters. The minimum absolute atomic E-state index is 0.0550. The summed E-state index contributed by atoms with van der Waals surface area (Å²) in [5.74, 6) is -0.824. The number of carbonyl (C=O) groups is 2. The number of hydrogen-bond donors (Lipinski definition) is 2. The second-order valence-corrected chi connectivity index (χ2v) is 20.3. The quantitative estimate of drug-likeness (QED) is 0.0265. The number of phosphoric acid groups is 1. The molecular formula is C54H106NO8P. The minimum atomic E-state index is -4.38. The summed E-state index contributed by atoms with van der Waals surface area (Å²) in [7, 11) is -4.38. The molecule has 0 fully saturated rings. The molecule has 0 aromatic rings. The Kier molecular flexibility index (Phi) is 50.1. The molecular weight excluding hydrogens is 822 g/mol. The Morgan fingerprint density at radius 1 is 0.453 bits per heavy atom. The van der Waals surface area contributed by atoms with Crippen LogP contribution in [0.5, 0.6) is 0 Å². The molecule has 0 spiro atoms. The normalized spacial score (nSPS) is 13.1. The first-order valence-corrected chi connectivity index (χ1v) is 29.2. The third-order valence-electron chi connectivity index (χ3n) is 12.4. The minimum Gasteiger partial charge on any atom is -0.462 e. The van der Waals surface area contributed by atoms with Gasteiger partial charge in [-0.25, -0.2) is 4.57 Å². The molecule has 0 bridgehead atoms. The molecule has 0 heterocycles. The van der Waals surface area contributed by atoms with Crippen LogP contribution in [-0.4, -0.2) is 49.3 Å². The van der Waals surface area contributed by atoms with Crippen molar-refractivity contribution in [2.24, 2.45) is 5.73 Å². The Balaban J connectivity index is 3.79. The van der Waals surface area contributed by atoms with Gasteiger partial charge >= 0.3 is 19.8 Å². The Morgan fingerprint density at radius 2 is 0.766 bits per heavy atom. The van der Waals surface area contributed by atoms with E-state index in [2.05, 4.69) is 26.0 Å². The molecule has 64 heavy (non-hydrogen) atoms. The summed E-state index contributed by atoms with van der Waals surface area (Å²) in [4.78, 5) is 35.0. The number of rotatable bonds is 53. The lowest BCUT2D eigenvalue weighted by atomic mass is 10.0. The Hall–Kier alpha value is -1.25. The Bertz CT molecular complexity index is 1060. The van der Waals surface area contributed by atoms with Gasteiger partial charge < -0.3 is 20.1 Å². The van der Waals surface area contributed by atoms with Crippen LogP contribution in [0.25, 0.3) is 0 Å². The summed E-state index contributed by atoms with van der Waals surface area (Å²) in [6, 6.07) is 0. The Morgan fingerprint density at radius 3 is 1.14 bits per heavy atom. The van der Waals surface area contributed by atoms with Crippen LogP contribution < -0.4 is 5.73 Å². The summed E-state index contributed by atoms with van der Waals surface area (Å²) >= 11 is 0. The Labute approximate surface area is 396 Å². The molecule has 3 N–H and O–H groups in total. The van der Waals surface area contributed by atoms with Gasteiger partial charge in [0.05, 0.1) is 13.2 Å². The van der Waals surface area contributed by atoms with Crippen LogP contribution in [-0.2, 0) is 32.7 Å². The molecule has 9 nitrogen and oxygen atoms in total. The molecule has 380 valence electrons. The fourth-order valence-electron chi connectivity index (χ4n) is 8.28. The van der Waals surface area contributed by atoms with Gasteiger partial charge in [-0.1, -0.05) is 251 Å². The van der Waals surface area contributed by atoms with E-state index >= 15 is 0 Å². The number of hydrogen-bond acceptors (Lipinski definition) is 8. The second kappa shape index (κ2) is 51.1. The number of nitrogens with two attached hydrogens (primary N) is 1. The third kappa shape index (κ3) is 50.2. The zero-order valence-electron chi connectivity index (χ0n) is 42.3. The SMILES string of the molecule is CCCCC/C=C\CCCCCCCC(=O)OC(COC(=O)CCCCCCCCCCCCCCCCCCCCCCCCCCCCCCCCC)COP(=O)(O)OCCN. The van der Waals surface area contributed by atoms with Gasteiger partial charge in [-0.3, -0.25) is 18.6 Å². The van der Waals surface area contributed by atoms with E-state index in [0.29, 0.717) is 6.42 Å². The van der Waals surface area contributed by atoms with Crippen molar-refractivity contribution >= 4 is 19.8 Å². The molecule has 0 radical (unpaired) electrons. The highest BCUT2D eigenvalue weighted by Crippen LogP contribution is 2.43. The summed E-state index contributed by atoms with van der Waals surface area (Å²) < 4.78 is 32.9. The largest absolute Gasteiger partial charge is 0.472 e. The molecule has 2 unspecified atom stereocenters. The highest BCUT2D eigenvalue weighted by Gasteiger charge is 2.26. The fraction of sp³-hybridized carbons (Fsp3) is 0.926. The lowest BCUT2D eigenvalue weighted by Gasteiger charge is -2.19. The van der Waals surface area contributed by atoms with Gasteiger partial charge in [0, 0.05) is 19.4 Å². The molecule has 0 rings (SSSR count). The summed E-state index contributed by atoms with van der Waals surface area (Å²) in [6.45, 7) is 3.75. The first-order chi connectivity index (χ1) is 31.3. The van der Waals surface area contributed by atoms with E-state index in [9.17, 15) is 19.0 Å². The summed E-state index contributed by atoms with van der Waals surface area (Å²) in [5.41, 5.74) is 5.36. The number of esters is 2. The summed E-state index contributed by atoms with van der Waals surface area (Å²) in [6.07, 6.45) is 57.2. The third-order valence-corrected chi connectivity index (χ3v) is 13.4. The predicted octanol–water partition coefficient (Wildman–Crippen LogP) is 16.9. The van der Waals surface area contributed by atoms with Crippen LogP contribution in [0.2, 0.25) is 0 Å². The van der Waals surface area contributed by atoms with Crippen LogP contribution in [0.15, 0.2) is 12.2 Å². The average Bonchev–Trinajstić information content (AvgIpc) is 3.28. The highest BCUT2D eigenvalue weighted by molar-refractivity contribution is 7.47. The van der Waals surface area contributed by atoms with E-state index < -0.39 is 26.5 Å². The van der Waals surface area contributed by atoms with E-state index in [1.165, 1.54) is 199 Å². The predicted molar refractivity (Wildman–Crippen MR) is 271 cm³/mol. The number of carbonyl (C=O) groups excluding carboxylic acids is 2. The van der Waals surface area contributed by atoms with Crippen LogP contribution in [0.1, 0.15) is 290 Å². The molecule has 0 aliphatic rings. The van der Waals surface area contributed by atoms with Gasteiger partial charge in [0.2, 0.25) is 0 Å². The molecule has 10 heteroatoms. The van der Waals surface area contributed by atoms with E-state index in [4.69, 9.17) is 24.3 Å². The fourth-order valence-corrected chi connectivity index (χ4v) is 9.05. The van der Waals surface area contributed by atoms with E-state index in [1.54, 1.807) is 0 Å². The van der Waals surface area contributed by atoms with E-state index in [0.717, 1.165) is 57.8 Å². The molecule has 0 saturated heterocycles. The maximum absolute atomic E-state index is 12.6. The number of phosphoric ester groups is 1. The maximum atomic E-state index is 12.6. The lowest BCUT2D eigenvalue weighted by molar-refractivity contribution is -0.161. The molecule has 0 saturated carbocycles. The topological polar surface area (TPSA) is 134 Å². The van der Waals surface area contributed by atoms with Crippen molar-refractivity contribution in [2.45, 2.75) is 296 Å². The smallest absolute Gasteiger partial charge is 0.462 e. The van der Waals surface area contributed by atoms with Crippen molar-refractivity contribution in [2.75, 3.05) is 26.4 Å². The van der Waals surface area contributed by atoms with Gasteiger partial charge in [-0.05, 0) is 38.5 Å². The van der Waals surface area contributed by atoms with Crippen molar-refractivity contribution < 1.29 is 37.6 Å². The standard InChI is InChI=1S/C54H106NO8P/c1-3-5-7-9-11-13-15-17-18-19-20-21-22-23-24-25-26-27-28-29-30-31-32-33-34-35-37-38-40-42-44-46-53(56)60-50-52(51-62-64(58,59)61-49-48-55)63-54(57)47-45-43-41-39-36-16-14-12-10-8-6-4-2/h12,14,52H,3-11,13,15-51,55H2,1-2H3,(H,58,59)/b14-12-. The van der Waals surface area contributed by atoms with Gasteiger partial charge in [-0.2, -0.15) is 0 Å². The molecule has 0 aromatic heterocycles. The van der Waals surface area contributed by atoms with Crippen molar-refractivity contribution in [3.63, 3.8) is 0 Å². The molecule has 0 aliphatic heterocycles. The van der Waals surface area contributed by atoms with Crippen molar-refractivity contribution in [1.82, 2.24) is 0 Å².